The van der Waals surface area contributed by atoms with Crippen LogP contribution in [0.2, 0.25) is 0 Å². The van der Waals surface area contributed by atoms with Crippen LogP contribution >= 0.6 is 0 Å². The smallest absolute Gasteiger partial charge is 0.0927 e. The third kappa shape index (κ3) is 3.56. The molecule has 1 aromatic carbocycles. The summed E-state index contributed by atoms with van der Waals surface area (Å²) < 4.78 is 5.28. The van der Waals surface area contributed by atoms with E-state index in [2.05, 4.69) is 0 Å². The molecule has 0 fully saturated rings. The Bertz CT molecular complexity index is 292. The van der Waals surface area contributed by atoms with Crippen molar-refractivity contribution < 1.29 is 9.84 Å². The number of nitriles is 1. The van der Waals surface area contributed by atoms with Gasteiger partial charge in [-0.2, -0.15) is 5.26 Å². The summed E-state index contributed by atoms with van der Waals surface area (Å²) in [5.41, 5.74) is 1.07. The lowest BCUT2D eigenvalue weighted by Crippen LogP contribution is -2.11. The number of aliphatic hydroxyl groups is 1. The topological polar surface area (TPSA) is 53.2 Å². The van der Waals surface area contributed by atoms with Gasteiger partial charge in [0.05, 0.1) is 31.8 Å². The van der Waals surface area contributed by atoms with E-state index in [4.69, 9.17) is 15.1 Å². The molecule has 0 heterocycles. The Labute approximate surface area is 83.6 Å². The maximum absolute atomic E-state index is 8.72. The molecule has 0 saturated carbocycles. The molecule has 14 heavy (non-hydrogen) atoms. The second kappa shape index (κ2) is 6.14. The lowest BCUT2D eigenvalue weighted by Gasteiger charge is -2.06. The Morgan fingerprint density at radius 2 is 2.07 bits per heavy atom. The standard InChI is InChI=1S/C11H13NO2/c12-6-11(7-13)9-14-8-10-4-2-1-3-5-10/h1-5,11,13H,7-9H2. The van der Waals surface area contributed by atoms with Crippen LogP contribution < -0.4 is 0 Å². The molecule has 0 aliphatic carbocycles. The lowest BCUT2D eigenvalue weighted by molar-refractivity contribution is 0.0813. The summed E-state index contributed by atoms with van der Waals surface area (Å²) >= 11 is 0. The molecule has 0 bridgehead atoms. The number of rotatable bonds is 5. The van der Waals surface area contributed by atoms with Gasteiger partial charge in [0, 0.05) is 0 Å². The Morgan fingerprint density at radius 3 is 2.64 bits per heavy atom. The largest absolute Gasteiger partial charge is 0.395 e. The summed E-state index contributed by atoms with van der Waals surface area (Å²) in [5, 5.41) is 17.3. The van der Waals surface area contributed by atoms with Crippen LogP contribution in [0.5, 0.6) is 0 Å². The number of hydrogen-bond acceptors (Lipinski definition) is 3. The van der Waals surface area contributed by atoms with Gasteiger partial charge in [0.1, 0.15) is 0 Å². The Hall–Kier alpha value is -1.37. The second-order valence-electron chi connectivity index (χ2n) is 3.01. The van der Waals surface area contributed by atoms with E-state index in [1.54, 1.807) is 0 Å². The minimum atomic E-state index is -0.418. The van der Waals surface area contributed by atoms with Crippen LogP contribution in [0.15, 0.2) is 30.3 Å². The van der Waals surface area contributed by atoms with E-state index in [0.29, 0.717) is 6.61 Å². The highest BCUT2D eigenvalue weighted by Crippen LogP contribution is 2.02. The van der Waals surface area contributed by atoms with Crippen molar-refractivity contribution in [2.75, 3.05) is 13.2 Å². The van der Waals surface area contributed by atoms with Crippen molar-refractivity contribution in [3.05, 3.63) is 35.9 Å². The van der Waals surface area contributed by atoms with E-state index in [9.17, 15) is 0 Å². The van der Waals surface area contributed by atoms with Gasteiger partial charge >= 0.3 is 0 Å². The zero-order valence-electron chi connectivity index (χ0n) is 7.89. The molecular weight excluding hydrogens is 178 g/mol. The third-order valence-electron chi connectivity index (χ3n) is 1.83. The van der Waals surface area contributed by atoms with Gasteiger partial charge in [-0.05, 0) is 5.56 Å². The molecular formula is C11H13NO2. The number of benzene rings is 1. The number of aliphatic hydroxyl groups excluding tert-OH is 1. The second-order valence-corrected chi connectivity index (χ2v) is 3.01. The molecule has 1 N–H and O–H groups in total. The maximum atomic E-state index is 8.72. The summed E-state index contributed by atoms with van der Waals surface area (Å²) in [7, 11) is 0. The molecule has 0 aromatic heterocycles. The van der Waals surface area contributed by atoms with Crippen LogP contribution in [0.25, 0.3) is 0 Å². The Kier molecular flexibility index (Phi) is 4.70. The maximum Gasteiger partial charge on any atom is 0.0927 e. The first-order chi connectivity index (χ1) is 6.86. The first-order valence-corrected chi connectivity index (χ1v) is 4.49. The van der Waals surface area contributed by atoms with Gasteiger partial charge in [-0.25, -0.2) is 0 Å². The average molecular weight is 191 g/mol. The van der Waals surface area contributed by atoms with Gasteiger partial charge < -0.3 is 9.84 Å². The van der Waals surface area contributed by atoms with E-state index in [1.807, 2.05) is 36.4 Å². The predicted molar refractivity (Wildman–Crippen MR) is 52.3 cm³/mol. The minimum Gasteiger partial charge on any atom is -0.395 e. The van der Waals surface area contributed by atoms with Crippen molar-refractivity contribution in [2.24, 2.45) is 5.92 Å². The average Bonchev–Trinajstić information content (AvgIpc) is 2.26. The van der Waals surface area contributed by atoms with Crippen LogP contribution in [-0.2, 0) is 11.3 Å². The van der Waals surface area contributed by atoms with E-state index >= 15 is 0 Å². The van der Waals surface area contributed by atoms with Crippen molar-refractivity contribution in [2.45, 2.75) is 6.61 Å². The van der Waals surface area contributed by atoms with Crippen LogP contribution in [-0.4, -0.2) is 18.3 Å². The Balaban J connectivity index is 2.26. The lowest BCUT2D eigenvalue weighted by atomic mass is 10.2. The van der Waals surface area contributed by atoms with Gasteiger partial charge in [-0.3, -0.25) is 0 Å². The molecule has 0 spiro atoms. The molecule has 1 atom stereocenters. The summed E-state index contributed by atoms with van der Waals surface area (Å²) in [6.07, 6.45) is 0. The summed E-state index contributed by atoms with van der Waals surface area (Å²) in [6, 6.07) is 11.7. The highest BCUT2D eigenvalue weighted by Gasteiger charge is 2.04. The van der Waals surface area contributed by atoms with E-state index in [0.717, 1.165) is 5.56 Å². The first kappa shape index (κ1) is 10.7. The molecule has 3 nitrogen and oxygen atoms in total. The molecule has 3 heteroatoms. The van der Waals surface area contributed by atoms with Gasteiger partial charge in [0.2, 0.25) is 0 Å². The zero-order valence-corrected chi connectivity index (χ0v) is 7.89. The molecule has 1 unspecified atom stereocenters. The van der Waals surface area contributed by atoms with E-state index < -0.39 is 5.92 Å². The van der Waals surface area contributed by atoms with Crippen LogP contribution in [0.3, 0.4) is 0 Å². The van der Waals surface area contributed by atoms with Gasteiger partial charge in [0.15, 0.2) is 0 Å². The number of ether oxygens (including phenoxy) is 1. The predicted octanol–water partition coefficient (Wildman–Crippen LogP) is 1.34. The highest BCUT2D eigenvalue weighted by atomic mass is 16.5. The third-order valence-corrected chi connectivity index (χ3v) is 1.83. The van der Waals surface area contributed by atoms with Gasteiger partial charge in [0.25, 0.3) is 0 Å². The van der Waals surface area contributed by atoms with Crippen LogP contribution in [0.4, 0.5) is 0 Å². The number of nitrogens with zero attached hydrogens (tertiary/aromatic N) is 1. The fourth-order valence-corrected chi connectivity index (χ4v) is 1.02. The van der Waals surface area contributed by atoms with Crippen LogP contribution in [0.1, 0.15) is 5.56 Å². The summed E-state index contributed by atoms with van der Waals surface area (Å²) in [5.74, 6) is -0.418. The van der Waals surface area contributed by atoms with Crippen LogP contribution in [0, 0.1) is 17.2 Å². The molecule has 1 rings (SSSR count). The van der Waals surface area contributed by atoms with Crippen molar-refractivity contribution in [3.8, 4) is 6.07 Å². The molecule has 0 saturated heterocycles. The van der Waals surface area contributed by atoms with Crippen molar-refractivity contribution in [1.82, 2.24) is 0 Å². The van der Waals surface area contributed by atoms with E-state index in [-0.39, 0.29) is 13.2 Å². The first-order valence-electron chi connectivity index (χ1n) is 4.49. The minimum absolute atomic E-state index is 0.148. The van der Waals surface area contributed by atoms with Crippen molar-refractivity contribution >= 4 is 0 Å². The zero-order chi connectivity index (χ0) is 10.2. The summed E-state index contributed by atoms with van der Waals surface area (Å²) in [4.78, 5) is 0. The van der Waals surface area contributed by atoms with Crippen molar-refractivity contribution in [3.63, 3.8) is 0 Å². The molecule has 1 aromatic rings. The van der Waals surface area contributed by atoms with E-state index in [1.165, 1.54) is 0 Å². The monoisotopic (exact) mass is 191 g/mol. The molecule has 0 aliphatic heterocycles. The molecule has 0 amide bonds. The fraction of sp³-hybridized carbons (Fsp3) is 0.364. The summed E-state index contributed by atoms with van der Waals surface area (Å²) in [6.45, 7) is 0.617. The molecule has 0 aliphatic rings. The molecule has 0 radical (unpaired) electrons. The van der Waals surface area contributed by atoms with Gasteiger partial charge in [-0.15, -0.1) is 0 Å². The fourth-order valence-electron chi connectivity index (χ4n) is 1.02. The van der Waals surface area contributed by atoms with Gasteiger partial charge in [-0.1, -0.05) is 30.3 Å². The highest BCUT2D eigenvalue weighted by molar-refractivity contribution is 5.13. The quantitative estimate of drug-likeness (QED) is 0.764. The molecule has 74 valence electrons. The Morgan fingerprint density at radius 1 is 1.36 bits per heavy atom. The normalized spacial score (nSPS) is 12.0. The van der Waals surface area contributed by atoms with Crippen molar-refractivity contribution in [1.29, 1.82) is 5.26 Å². The SMILES string of the molecule is N#CC(CO)COCc1ccccc1. The number of hydrogen-bond donors (Lipinski definition) is 1.